The van der Waals surface area contributed by atoms with E-state index >= 15 is 0 Å². The number of nitrogens with two attached hydrogens (primary N) is 1. The van der Waals surface area contributed by atoms with Gasteiger partial charge in [-0.3, -0.25) is 19.8 Å². The maximum absolute atomic E-state index is 12.3. The van der Waals surface area contributed by atoms with Crippen LogP contribution in [0.5, 0.6) is 5.75 Å². The first-order chi connectivity index (χ1) is 15.6. The van der Waals surface area contributed by atoms with Crippen molar-refractivity contribution in [2.45, 2.75) is 70.0 Å². The number of benzene rings is 1. The predicted molar refractivity (Wildman–Crippen MR) is 121 cm³/mol. The Labute approximate surface area is 189 Å². The van der Waals surface area contributed by atoms with E-state index in [1.165, 1.54) is 32.1 Å². The van der Waals surface area contributed by atoms with Crippen molar-refractivity contribution in [2.24, 2.45) is 16.6 Å². The highest BCUT2D eigenvalue weighted by Crippen LogP contribution is 2.37. The van der Waals surface area contributed by atoms with Gasteiger partial charge in [0, 0.05) is 11.6 Å². The number of carbonyl (C=O) groups is 2. The number of guanidine groups is 1. The summed E-state index contributed by atoms with van der Waals surface area (Å²) in [6, 6.07) is 6.13. The summed E-state index contributed by atoms with van der Waals surface area (Å²) in [4.78, 5) is 32.9. The van der Waals surface area contributed by atoms with Crippen LogP contribution in [0.1, 0.15) is 56.9 Å². The molecule has 1 saturated carbocycles. The molecule has 1 aromatic rings. The standard InChI is InChI=1S/C24H33N5O3/c25-23(31)20(29-12-4-7-16-6-1-2-9-19(16)29)10-5-13-32-21-11-3-8-18-17(21)14-28-15-22(30)27-24(28)26-18/h3,8,11,16,19-20H,1-2,4-7,9-10,12-15H2,(H2,25,31)(H,26,27,30). The molecular weight excluding hydrogens is 406 g/mol. The summed E-state index contributed by atoms with van der Waals surface area (Å²) in [5.41, 5.74) is 7.70. The molecule has 3 heterocycles. The van der Waals surface area contributed by atoms with Crippen molar-refractivity contribution in [1.29, 1.82) is 0 Å². The molecule has 32 heavy (non-hydrogen) atoms. The molecule has 3 atom stereocenters. The number of rotatable bonds is 7. The Morgan fingerprint density at radius 3 is 2.94 bits per heavy atom. The largest absolute Gasteiger partial charge is 0.493 e. The highest BCUT2D eigenvalue weighted by molar-refractivity contribution is 6.05. The number of nitrogens with zero attached hydrogens (tertiary/aromatic N) is 3. The van der Waals surface area contributed by atoms with E-state index < -0.39 is 0 Å². The Morgan fingerprint density at radius 2 is 2.06 bits per heavy atom. The Morgan fingerprint density at radius 1 is 1.22 bits per heavy atom. The van der Waals surface area contributed by atoms with E-state index in [1.807, 2.05) is 23.1 Å². The van der Waals surface area contributed by atoms with Gasteiger partial charge in [-0.1, -0.05) is 18.9 Å². The highest BCUT2D eigenvalue weighted by Gasteiger charge is 2.38. The smallest absolute Gasteiger partial charge is 0.246 e. The number of amides is 2. The lowest BCUT2D eigenvalue weighted by atomic mass is 9.77. The van der Waals surface area contributed by atoms with Crippen molar-refractivity contribution in [3.63, 3.8) is 0 Å². The van der Waals surface area contributed by atoms with E-state index in [9.17, 15) is 9.59 Å². The van der Waals surface area contributed by atoms with E-state index in [0.717, 1.165) is 48.7 Å². The fourth-order valence-electron chi connectivity index (χ4n) is 5.96. The Hall–Kier alpha value is -2.61. The number of piperidine rings is 1. The quantitative estimate of drug-likeness (QED) is 0.635. The molecule has 172 valence electrons. The van der Waals surface area contributed by atoms with Gasteiger partial charge in [0.1, 0.15) is 12.3 Å². The summed E-state index contributed by atoms with van der Waals surface area (Å²) >= 11 is 0. The summed E-state index contributed by atoms with van der Waals surface area (Å²) in [6.45, 7) is 2.43. The Bertz CT molecular complexity index is 915. The third-order valence-corrected chi connectivity index (χ3v) is 7.46. The fourth-order valence-corrected chi connectivity index (χ4v) is 5.96. The lowest BCUT2D eigenvalue weighted by molar-refractivity contribution is -0.126. The fraction of sp³-hybridized carbons (Fsp3) is 0.625. The van der Waals surface area contributed by atoms with Crippen LogP contribution in [0.4, 0.5) is 5.69 Å². The van der Waals surface area contributed by atoms with Crippen LogP contribution >= 0.6 is 0 Å². The van der Waals surface area contributed by atoms with Crippen molar-refractivity contribution in [1.82, 2.24) is 15.1 Å². The molecule has 8 nitrogen and oxygen atoms in total. The van der Waals surface area contributed by atoms with Crippen molar-refractivity contribution >= 4 is 23.5 Å². The van der Waals surface area contributed by atoms with E-state index in [2.05, 4.69) is 15.2 Å². The van der Waals surface area contributed by atoms with Gasteiger partial charge in [0.05, 0.1) is 24.9 Å². The van der Waals surface area contributed by atoms with Gasteiger partial charge in [0.15, 0.2) is 0 Å². The van der Waals surface area contributed by atoms with Crippen molar-refractivity contribution in [3.05, 3.63) is 23.8 Å². The van der Waals surface area contributed by atoms with Crippen LogP contribution in [-0.2, 0) is 16.1 Å². The number of hydrogen-bond acceptors (Lipinski definition) is 6. The molecule has 0 radical (unpaired) electrons. The van der Waals surface area contributed by atoms with Gasteiger partial charge in [-0.25, -0.2) is 4.99 Å². The first-order valence-corrected chi connectivity index (χ1v) is 12.0. The molecular formula is C24H33N5O3. The van der Waals surface area contributed by atoms with E-state index in [4.69, 9.17) is 10.5 Å². The molecule has 4 aliphatic rings. The average molecular weight is 440 g/mol. The maximum atomic E-state index is 12.3. The molecule has 1 aromatic carbocycles. The number of fused-ring (bicyclic) bond motifs is 3. The topological polar surface area (TPSA) is 100 Å². The highest BCUT2D eigenvalue weighted by atomic mass is 16.5. The molecule has 3 N–H and O–H groups in total. The second-order valence-electron chi connectivity index (χ2n) is 9.49. The number of carbonyl (C=O) groups excluding carboxylic acids is 2. The molecule has 3 unspecified atom stereocenters. The minimum Gasteiger partial charge on any atom is -0.493 e. The number of aliphatic imine (C=N–C) groups is 1. The van der Waals surface area contributed by atoms with Gasteiger partial charge >= 0.3 is 0 Å². The summed E-state index contributed by atoms with van der Waals surface area (Å²) in [5.74, 6) is 1.90. The molecule has 1 aliphatic carbocycles. The van der Waals surface area contributed by atoms with Crippen LogP contribution in [0.3, 0.4) is 0 Å². The third-order valence-electron chi connectivity index (χ3n) is 7.46. The number of ether oxygens (including phenoxy) is 1. The first kappa shape index (κ1) is 21.2. The molecule has 8 heteroatoms. The number of likely N-dealkylation sites (tertiary alicyclic amines) is 1. The van der Waals surface area contributed by atoms with E-state index in [0.29, 0.717) is 31.7 Å². The van der Waals surface area contributed by atoms with E-state index in [1.54, 1.807) is 0 Å². The normalized spacial score (nSPS) is 25.8. The number of nitrogens with one attached hydrogen (secondary N) is 1. The van der Waals surface area contributed by atoms with Crippen LogP contribution < -0.4 is 15.8 Å². The lowest BCUT2D eigenvalue weighted by Crippen LogP contribution is -2.55. The van der Waals surface area contributed by atoms with Crippen LogP contribution in [-0.4, -0.2) is 59.4 Å². The van der Waals surface area contributed by atoms with Crippen LogP contribution in [0.15, 0.2) is 23.2 Å². The van der Waals surface area contributed by atoms with E-state index in [-0.39, 0.29) is 17.9 Å². The van der Waals surface area contributed by atoms with Gasteiger partial charge in [0.2, 0.25) is 17.8 Å². The molecule has 0 spiro atoms. The minimum atomic E-state index is -0.207. The van der Waals surface area contributed by atoms with Gasteiger partial charge in [-0.2, -0.15) is 0 Å². The van der Waals surface area contributed by atoms with Gasteiger partial charge in [-0.05, 0) is 63.1 Å². The summed E-state index contributed by atoms with van der Waals surface area (Å²) in [7, 11) is 0. The molecule has 0 aromatic heterocycles. The van der Waals surface area contributed by atoms with Crippen LogP contribution in [0, 0.1) is 5.92 Å². The van der Waals surface area contributed by atoms with Gasteiger partial charge in [-0.15, -0.1) is 0 Å². The molecule has 2 amide bonds. The molecule has 0 bridgehead atoms. The summed E-state index contributed by atoms with van der Waals surface area (Å²) in [5, 5.41) is 2.79. The van der Waals surface area contributed by atoms with Crippen LogP contribution in [0.25, 0.3) is 0 Å². The van der Waals surface area contributed by atoms with Crippen molar-refractivity contribution in [2.75, 3.05) is 19.7 Å². The Balaban J connectivity index is 1.20. The maximum Gasteiger partial charge on any atom is 0.246 e. The molecule has 5 rings (SSSR count). The van der Waals surface area contributed by atoms with Crippen LogP contribution in [0.2, 0.25) is 0 Å². The monoisotopic (exact) mass is 439 g/mol. The van der Waals surface area contributed by atoms with Gasteiger partial charge < -0.3 is 15.4 Å². The zero-order valence-corrected chi connectivity index (χ0v) is 18.6. The zero-order chi connectivity index (χ0) is 22.1. The number of primary amides is 1. The first-order valence-electron chi connectivity index (χ1n) is 12.0. The summed E-state index contributed by atoms with van der Waals surface area (Å²) < 4.78 is 6.13. The minimum absolute atomic E-state index is 0.0329. The zero-order valence-electron chi connectivity index (χ0n) is 18.6. The lowest BCUT2D eigenvalue weighted by Gasteiger charge is -2.46. The molecule has 3 fully saturated rings. The van der Waals surface area contributed by atoms with Gasteiger partial charge in [0.25, 0.3) is 0 Å². The third kappa shape index (κ3) is 4.20. The second kappa shape index (κ2) is 9.10. The van der Waals surface area contributed by atoms with Crippen molar-refractivity contribution in [3.8, 4) is 5.75 Å². The number of hydrogen-bond donors (Lipinski definition) is 2. The second-order valence-corrected chi connectivity index (χ2v) is 9.49. The predicted octanol–water partition coefficient (Wildman–Crippen LogP) is 2.29. The molecule has 3 aliphatic heterocycles. The Kier molecular flexibility index (Phi) is 6.04. The molecule has 2 saturated heterocycles. The summed E-state index contributed by atoms with van der Waals surface area (Å²) in [6.07, 6.45) is 9.00. The average Bonchev–Trinajstić information content (AvgIpc) is 3.16. The SMILES string of the molecule is NC(=O)C(CCCOc1cccc2c1CN1CC(=O)NC1=N2)N1CCCC2CCCCC21. The van der Waals surface area contributed by atoms with Crippen molar-refractivity contribution < 1.29 is 14.3 Å².